The predicted octanol–water partition coefficient (Wildman–Crippen LogP) is 1.79. The second-order valence-electron chi connectivity index (χ2n) is 6.76. The zero-order chi connectivity index (χ0) is 16.7. The van der Waals surface area contributed by atoms with Crippen LogP contribution in [-0.4, -0.2) is 60.4 Å². The van der Waals surface area contributed by atoms with Gasteiger partial charge in [0.2, 0.25) is 11.8 Å². The number of nitrogens with one attached hydrogen (secondary N) is 1. The van der Waals surface area contributed by atoms with Crippen LogP contribution < -0.4 is 5.32 Å². The summed E-state index contributed by atoms with van der Waals surface area (Å²) in [6, 6.07) is -0.135. The number of carbonyl (C=O) groups is 2. The fraction of sp³-hybridized carbons (Fsp3) is 0.778. The fourth-order valence-corrected chi connectivity index (χ4v) is 3.57. The van der Waals surface area contributed by atoms with Gasteiger partial charge >= 0.3 is 0 Å². The number of hydrogen-bond acceptors (Lipinski definition) is 3. The van der Waals surface area contributed by atoms with Crippen molar-refractivity contribution in [3.63, 3.8) is 0 Å². The maximum absolute atomic E-state index is 12.7. The standard InChI is InChI=1S/C18H31N3O2/c1-3-10-19-17(22)15(2)20-13-8-16(9-14-20)18(23)21-11-6-4-5-7-12-21/h3,15-16H,1,4-14H2,2H3,(H,19,22). The molecule has 0 aliphatic carbocycles. The van der Waals surface area contributed by atoms with Crippen molar-refractivity contribution in [2.75, 3.05) is 32.7 Å². The highest BCUT2D eigenvalue weighted by atomic mass is 16.2. The van der Waals surface area contributed by atoms with Gasteiger partial charge < -0.3 is 10.2 Å². The van der Waals surface area contributed by atoms with E-state index in [-0.39, 0.29) is 17.9 Å². The minimum absolute atomic E-state index is 0.0437. The van der Waals surface area contributed by atoms with Crippen molar-refractivity contribution in [3.05, 3.63) is 12.7 Å². The van der Waals surface area contributed by atoms with Crippen LogP contribution >= 0.6 is 0 Å². The van der Waals surface area contributed by atoms with Gasteiger partial charge in [0.25, 0.3) is 0 Å². The molecule has 5 heteroatoms. The van der Waals surface area contributed by atoms with Gasteiger partial charge in [0.05, 0.1) is 6.04 Å². The molecule has 2 heterocycles. The Morgan fingerprint density at radius 1 is 1.13 bits per heavy atom. The van der Waals surface area contributed by atoms with E-state index < -0.39 is 0 Å². The summed E-state index contributed by atoms with van der Waals surface area (Å²) in [5.41, 5.74) is 0. The van der Waals surface area contributed by atoms with Crippen LogP contribution in [0.15, 0.2) is 12.7 Å². The quantitative estimate of drug-likeness (QED) is 0.786. The Morgan fingerprint density at radius 2 is 1.74 bits per heavy atom. The molecule has 1 atom stereocenters. The average molecular weight is 321 g/mol. The van der Waals surface area contributed by atoms with Crippen molar-refractivity contribution in [1.29, 1.82) is 0 Å². The molecule has 0 saturated carbocycles. The van der Waals surface area contributed by atoms with Crippen molar-refractivity contribution in [2.24, 2.45) is 5.92 Å². The Balaban J connectivity index is 1.79. The van der Waals surface area contributed by atoms with E-state index in [1.807, 2.05) is 6.92 Å². The second-order valence-corrected chi connectivity index (χ2v) is 6.76. The summed E-state index contributed by atoms with van der Waals surface area (Å²) in [6.07, 6.45) is 8.22. The van der Waals surface area contributed by atoms with Crippen LogP contribution in [0.5, 0.6) is 0 Å². The lowest BCUT2D eigenvalue weighted by Crippen LogP contribution is -2.50. The molecule has 2 rings (SSSR count). The molecule has 2 saturated heterocycles. The number of hydrogen-bond donors (Lipinski definition) is 1. The van der Waals surface area contributed by atoms with Gasteiger partial charge in [-0.05, 0) is 45.7 Å². The second kappa shape index (κ2) is 9.06. The summed E-state index contributed by atoms with van der Waals surface area (Å²) in [7, 11) is 0. The number of carbonyl (C=O) groups excluding carboxylic acids is 2. The number of rotatable bonds is 5. The number of likely N-dealkylation sites (tertiary alicyclic amines) is 2. The summed E-state index contributed by atoms with van der Waals surface area (Å²) >= 11 is 0. The lowest BCUT2D eigenvalue weighted by atomic mass is 9.94. The van der Waals surface area contributed by atoms with Crippen LogP contribution in [0.1, 0.15) is 45.4 Å². The summed E-state index contributed by atoms with van der Waals surface area (Å²) in [5, 5.41) is 2.85. The molecule has 2 aliphatic heterocycles. The van der Waals surface area contributed by atoms with E-state index in [0.717, 1.165) is 51.9 Å². The maximum atomic E-state index is 12.7. The molecule has 0 radical (unpaired) electrons. The molecule has 2 fully saturated rings. The zero-order valence-corrected chi connectivity index (χ0v) is 14.4. The Labute approximate surface area is 140 Å². The third kappa shape index (κ3) is 5.06. The first kappa shape index (κ1) is 18.0. The first-order valence-corrected chi connectivity index (χ1v) is 9.05. The summed E-state index contributed by atoms with van der Waals surface area (Å²) < 4.78 is 0. The third-order valence-electron chi connectivity index (χ3n) is 5.14. The van der Waals surface area contributed by atoms with E-state index in [2.05, 4.69) is 21.7 Å². The van der Waals surface area contributed by atoms with Gasteiger partial charge in [-0.1, -0.05) is 18.9 Å². The Bertz CT molecular complexity index is 408. The molecule has 0 aromatic heterocycles. The predicted molar refractivity (Wildman–Crippen MR) is 92.0 cm³/mol. The molecule has 0 aromatic rings. The highest BCUT2D eigenvalue weighted by Crippen LogP contribution is 2.23. The lowest BCUT2D eigenvalue weighted by molar-refractivity contribution is -0.137. The first-order valence-electron chi connectivity index (χ1n) is 9.05. The van der Waals surface area contributed by atoms with Crippen LogP contribution in [0.3, 0.4) is 0 Å². The fourth-order valence-electron chi connectivity index (χ4n) is 3.57. The van der Waals surface area contributed by atoms with Gasteiger partial charge in [0.1, 0.15) is 0 Å². The van der Waals surface area contributed by atoms with E-state index >= 15 is 0 Å². The molecule has 23 heavy (non-hydrogen) atoms. The molecule has 2 aliphatic rings. The number of amides is 2. The Kier molecular flexibility index (Phi) is 7.09. The normalized spacial score (nSPS) is 22.2. The minimum atomic E-state index is -0.135. The van der Waals surface area contributed by atoms with Crippen molar-refractivity contribution >= 4 is 11.8 Å². The van der Waals surface area contributed by atoms with E-state index in [1.165, 1.54) is 12.8 Å². The van der Waals surface area contributed by atoms with Crippen molar-refractivity contribution in [3.8, 4) is 0 Å². The summed E-state index contributed by atoms with van der Waals surface area (Å²) in [5.74, 6) is 0.533. The smallest absolute Gasteiger partial charge is 0.237 e. The van der Waals surface area contributed by atoms with Gasteiger partial charge in [-0.15, -0.1) is 6.58 Å². The molecule has 0 aromatic carbocycles. The van der Waals surface area contributed by atoms with E-state index in [4.69, 9.17) is 0 Å². The lowest BCUT2D eigenvalue weighted by Gasteiger charge is -2.36. The van der Waals surface area contributed by atoms with Gasteiger partial charge in [-0.3, -0.25) is 14.5 Å². The molecule has 0 bridgehead atoms. The van der Waals surface area contributed by atoms with Gasteiger partial charge in [0.15, 0.2) is 0 Å². The Hall–Kier alpha value is -1.36. The first-order chi connectivity index (χ1) is 11.1. The maximum Gasteiger partial charge on any atom is 0.237 e. The third-order valence-corrected chi connectivity index (χ3v) is 5.14. The summed E-state index contributed by atoms with van der Waals surface area (Å²) in [6.45, 7) is 9.57. The molecular weight excluding hydrogens is 290 g/mol. The van der Waals surface area contributed by atoms with Gasteiger partial charge in [-0.25, -0.2) is 0 Å². The van der Waals surface area contributed by atoms with Crippen molar-refractivity contribution in [1.82, 2.24) is 15.1 Å². The molecule has 5 nitrogen and oxygen atoms in total. The number of piperidine rings is 1. The molecule has 0 spiro atoms. The molecule has 2 amide bonds. The Morgan fingerprint density at radius 3 is 2.30 bits per heavy atom. The topological polar surface area (TPSA) is 52.7 Å². The van der Waals surface area contributed by atoms with Gasteiger partial charge in [-0.2, -0.15) is 0 Å². The molecule has 1 N–H and O–H groups in total. The van der Waals surface area contributed by atoms with Crippen molar-refractivity contribution in [2.45, 2.75) is 51.5 Å². The monoisotopic (exact) mass is 321 g/mol. The zero-order valence-electron chi connectivity index (χ0n) is 14.4. The van der Waals surface area contributed by atoms with E-state index in [9.17, 15) is 9.59 Å². The van der Waals surface area contributed by atoms with E-state index in [1.54, 1.807) is 6.08 Å². The largest absolute Gasteiger partial charge is 0.351 e. The minimum Gasteiger partial charge on any atom is -0.351 e. The highest BCUT2D eigenvalue weighted by Gasteiger charge is 2.31. The van der Waals surface area contributed by atoms with Crippen LogP contribution in [0.4, 0.5) is 0 Å². The molecular formula is C18H31N3O2. The molecule has 130 valence electrons. The highest BCUT2D eigenvalue weighted by molar-refractivity contribution is 5.81. The van der Waals surface area contributed by atoms with Crippen LogP contribution in [-0.2, 0) is 9.59 Å². The van der Waals surface area contributed by atoms with Crippen LogP contribution in [0, 0.1) is 5.92 Å². The van der Waals surface area contributed by atoms with E-state index in [0.29, 0.717) is 12.5 Å². The van der Waals surface area contributed by atoms with Crippen molar-refractivity contribution < 1.29 is 9.59 Å². The average Bonchev–Trinajstić information content (AvgIpc) is 2.88. The van der Waals surface area contributed by atoms with Crippen LogP contribution in [0.2, 0.25) is 0 Å². The summed E-state index contributed by atoms with van der Waals surface area (Å²) in [4.78, 5) is 29.0. The molecule has 1 unspecified atom stereocenters. The van der Waals surface area contributed by atoms with Gasteiger partial charge in [0, 0.05) is 25.6 Å². The number of nitrogens with zero attached hydrogens (tertiary/aromatic N) is 2. The SMILES string of the molecule is C=CCNC(=O)C(C)N1CCC(C(=O)N2CCCCCC2)CC1. The van der Waals surface area contributed by atoms with Crippen LogP contribution in [0.25, 0.3) is 0 Å².